The Bertz CT molecular complexity index is 354. The average Bonchev–Trinajstić information content (AvgIpc) is 3.41. The van der Waals surface area contributed by atoms with Gasteiger partial charge < -0.3 is 14.2 Å². The molecule has 4 fully saturated rings. The molecule has 0 bridgehead atoms. The summed E-state index contributed by atoms with van der Waals surface area (Å²) in [5, 5.41) is 0. The Hall–Kier alpha value is -0.120. The van der Waals surface area contributed by atoms with Crippen molar-refractivity contribution in [1.82, 2.24) is 0 Å². The minimum atomic E-state index is 0.323. The van der Waals surface area contributed by atoms with Crippen LogP contribution in [0.1, 0.15) is 65.2 Å². The van der Waals surface area contributed by atoms with Crippen LogP contribution in [0.25, 0.3) is 0 Å². The molecular formula is C20H34O3. The second kappa shape index (κ2) is 7.01. The van der Waals surface area contributed by atoms with Crippen molar-refractivity contribution in [2.75, 3.05) is 13.2 Å². The second-order valence-corrected chi connectivity index (χ2v) is 8.87. The molecule has 2 aliphatic carbocycles. The van der Waals surface area contributed by atoms with Crippen LogP contribution < -0.4 is 0 Å². The molecule has 4 rings (SSSR count). The smallest absolute Gasteiger partial charge is 0.107 e. The topological polar surface area (TPSA) is 34.3 Å². The molecule has 0 aromatic heterocycles. The molecule has 0 spiro atoms. The van der Waals surface area contributed by atoms with Gasteiger partial charge in [-0.2, -0.15) is 0 Å². The predicted molar refractivity (Wildman–Crippen MR) is 90.4 cm³/mol. The number of hydrogen-bond donors (Lipinski definition) is 0. The van der Waals surface area contributed by atoms with Crippen molar-refractivity contribution in [3.8, 4) is 0 Å². The van der Waals surface area contributed by atoms with E-state index in [0.717, 1.165) is 25.0 Å². The highest BCUT2D eigenvalue weighted by Gasteiger charge is 2.47. The van der Waals surface area contributed by atoms with Gasteiger partial charge in [-0.05, 0) is 49.4 Å². The van der Waals surface area contributed by atoms with E-state index in [1.807, 2.05) is 0 Å². The molecule has 0 aromatic carbocycles. The van der Waals surface area contributed by atoms with Gasteiger partial charge in [-0.25, -0.2) is 0 Å². The van der Waals surface area contributed by atoms with E-state index >= 15 is 0 Å². The average molecular weight is 322 g/mol. The van der Waals surface area contributed by atoms with Crippen molar-refractivity contribution in [3.63, 3.8) is 0 Å². The number of hydrogen-bond acceptors (Lipinski definition) is 3. The molecule has 3 heteroatoms. The monoisotopic (exact) mass is 322 g/mol. The fourth-order valence-corrected chi connectivity index (χ4v) is 5.24. The minimum Gasteiger partial charge on any atom is -0.370 e. The maximum absolute atomic E-state index is 6.82. The Morgan fingerprint density at radius 1 is 0.739 bits per heavy atom. The summed E-state index contributed by atoms with van der Waals surface area (Å²) in [6, 6.07) is 0. The Kier molecular flexibility index (Phi) is 4.99. The second-order valence-electron chi connectivity index (χ2n) is 8.87. The van der Waals surface area contributed by atoms with Gasteiger partial charge in [0.2, 0.25) is 0 Å². The first kappa shape index (κ1) is 16.4. The zero-order valence-corrected chi connectivity index (χ0v) is 14.9. The third-order valence-electron chi connectivity index (χ3n) is 6.65. The van der Waals surface area contributed by atoms with Crippen LogP contribution in [0, 0.1) is 23.7 Å². The van der Waals surface area contributed by atoms with Crippen molar-refractivity contribution in [3.05, 3.63) is 0 Å². The van der Waals surface area contributed by atoms with E-state index in [1.165, 1.54) is 51.4 Å². The molecule has 2 heterocycles. The summed E-state index contributed by atoms with van der Waals surface area (Å²) in [4.78, 5) is 0. The van der Waals surface area contributed by atoms with Crippen molar-refractivity contribution in [2.24, 2.45) is 23.7 Å². The van der Waals surface area contributed by atoms with Gasteiger partial charge in [0.25, 0.3) is 0 Å². The van der Waals surface area contributed by atoms with Crippen LogP contribution in [-0.2, 0) is 14.2 Å². The molecule has 23 heavy (non-hydrogen) atoms. The lowest BCUT2D eigenvalue weighted by Gasteiger charge is -2.38. The Morgan fingerprint density at radius 2 is 1.17 bits per heavy atom. The molecule has 2 saturated heterocycles. The predicted octanol–water partition coefficient (Wildman–Crippen LogP) is 4.19. The molecule has 0 aromatic rings. The fraction of sp³-hybridized carbons (Fsp3) is 1.00. The first-order valence-corrected chi connectivity index (χ1v) is 10.1. The SMILES string of the molecule is CC1CCCC(C(OC(C2CCCC(C)C2)C2CO2)C2CO2)C1. The summed E-state index contributed by atoms with van der Waals surface area (Å²) in [6.07, 6.45) is 12.2. The Labute approximate surface area is 141 Å². The molecule has 132 valence electrons. The van der Waals surface area contributed by atoms with Crippen LogP contribution in [0.3, 0.4) is 0 Å². The first-order valence-electron chi connectivity index (χ1n) is 10.1. The number of epoxide rings is 2. The fourth-order valence-electron chi connectivity index (χ4n) is 5.24. The van der Waals surface area contributed by atoms with Gasteiger partial charge in [-0.15, -0.1) is 0 Å². The van der Waals surface area contributed by atoms with E-state index in [1.54, 1.807) is 0 Å². The zero-order chi connectivity index (χ0) is 15.8. The van der Waals surface area contributed by atoms with Gasteiger partial charge >= 0.3 is 0 Å². The molecule has 2 aliphatic heterocycles. The molecule has 8 unspecified atom stereocenters. The van der Waals surface area contributed by atoms with Gasteiger partial charge in [0.05, 0.1) is 25.4 Å². The highest BCUT2D eigenvalue weighted by molar-refractivity contribution is 4.94. The van der Waals surface area contributed by atoms with Crippen molar-refractivity contribution in [2.45, 2.75) is 89.6 Å². The third-order valence-corrected chi connectivity index (χ3v) is 6.65. The summed E-state index contributed by atoms with van der Waals surface area (Å²) < 4.78 is 18.2. The van der Waals surface area contributed by atoms with Gasteiger partial charge in [0, 0.05) is 0 Å². The standard InChI is InChI=1S/C20H34O3/c1-13-5-3-7-15(9-13)19(17-11-21-17)23-20(18-12-22-18)16-8-4-6-14(2)10-16/h13-20H,3-12H2,1-2H3. The summed E-state index contributed by atoms with van der Waals surface area (Å²) in [5.74, 6) is 3.11. The zero-order valence-electron chi connectivity index (χ0n) is 14.9. The van der Waals surface area contributed by atoms with Crippen LogP contribution in [-0.4, -0.2) is 37.6 Å². The summed E-state index contributed by atoms with van der Waals surface area (Å²) >= 11 is 0. The molecule has 2 saturated carbocycles. The lowest BCUT2D eigenvalue weighted by molar-refractivity contribution is -0.105. The lowest BCUT2D eigenvalue weighted by atomic mass is 9.77. The Balaban J connectivity index is 1.43. The van der Waals surface area contributed by atoms with Crippen LogP contribution in [0.15, 0.2) is 0 Å². The number of rotatable bonds is 6. The van der Waals surface area contributed by atoms with Gasteiger partial charge in [-0.1, -0.05) is 39.5 Å². The maximum Gasteiger partial charge on any atom is 0.107 e. The highest BCUT2D eigenvalue weighted by atomic mass is 16.6. The molecular weight excluding hydrogens is 288 g/mol. The number of ether oxygens (including phenoxy) is 3. The largest absolute Gasteiger partial charge is 0.370 e. The van der Waals surface area contributed by atoms with E-state index < -0.39 is 0 Å². The minimum absolute atomic E-state index is 0.323. The van der Waals surface area contributed by atoms with E-state index in [4.69, 9.17) is 14.2 Å². The lowest BCUT2D eigenvalue weighted by Crippen LogP contribution is -2.42. The first-order chi connectivity index (χ1) is 11.2. The third kappa shape index (κ3) is 4.11. The van der Waals surface area contributed by atoms with Gasteiger partial charge in [0.1, 0.15) is 12.2 Å². The summed E-state index contributed by atoms with van der Waals surface area (Å²) in [7, 11) is 0. The van der Waals surface area contributed by atoms with E-state index in [2.05, 4.69) is 13.8 Å². The van der Waals surface area contributed by atoms with E-state index in [9.17, 15) is 0 Å². The Morgan fingerprint density at radius 3 is 1.52 bits per heavy atom. The quantitative estimate of drug-likeness (QED) is 0.688. The van der Waals surface area contributed by atoms with E-state index in [0.29, 0.717) is 36.3 Å². The summed E-state index contributed by atoms with van der Waals surface area (Å²) in [6.45, 7) is 6.63. The summed E-state index contributed by atoms with van der Waals surface area (Å²) in [5.41, 5.74) is 0. The van der Waals surface area contributed by atoms with Crippen LogP contribution in [0.4, 0.5) is 0 Å². The maximum atomic E-state index is 6.82. The van der Waals surface area contributed by atoms with Gasteiger partial charge in [-0.3, -0.25) is 0 Å². The van der Waals surface area contributed by atoms with Crippen molar-refractivity contribution >= 4 is 0 Å². The van der Waals surface area contributed by atoms with Crippen molar-refractivity contribution in [1.29, 1.82) is 0 Å². The van der Waals surface area contributed by atoms with Crippen LogP contribution in [0.2, 0.25) is 0 Å². The van der Waals surface area contributed by atoms with Crippen LogP contribution >= 0.6 is 0 Å². The van der Waals surface area contributed by atoms with Gasteiger partial charge in [0.15, 0.2) is 0 Å². The molecule has 0 radical (unpaired) electrons. The molecule has 0 amide bonds. The normalized spacial score (nSPS) is 46.2. The molecule has 8 atom stereocenters. The molecule has 4 aliphatic rings. The van der Waals surface area contributed by atoms with Crippen molar-refractivity contribution < 1.29 is 14.2 Å². The molecule has 0 N–H and O–H groups in total. The highest BCUT2D eigenvalue weighted by Crippen LogP contribution is 2.41. The molecule has 3 nitrogen and oxygen atoms in total. The van der Waals surface area contributed by atoms with Crippen LogP contribution in [0.5, 0.6) is 0 Å². The van der Waals surface area contributed by atoms with E-state index in [-0.39, 0.29) is 0 Å².